The van der Waals surface area contributed by atoms with E-state index in [1.54, 1.807) is 23.5 Å². The Kier molecular flexibility index (Phi) is 4.08. The molecule has 0 atom stereocenters. The van der Waals surface area contributed by atoms with Gasteiger partial charge in [-0.2, -0.15) is 0 Å². The number of carbonyl (C=O) groups excluding carboxylic acids is 1. The van der Waals surface area contributed by atoms with Crippen LogP contribution in [0.3, 0.4) is 0 Å². The fraction of sp³-hybridized carbons (Fsp3) is 0.0667. The van der Waals surface area contributed by atoms with Crippen LogP contribution in [0, 0.1) is 0 Å². The third kappa shape index (κ3) is 3.53. The van der Waals surface area contributed by atoms with Crippen molar-refractivity contribution in [3.63, 3.8) is 0 Å². The lowest BCUT2D eigenvalue weighted by Gasteiger charge is -2.04. The van der Waals surface area contributed by atoms with E-state index in [0.29, 0.717) is 17.1 Å². The number of nitrogens with two attached hydrogens (primary N) is 1. The van der Waals surface area contributed by atoms with Gasteiger partial charge in [0.25, 0.3) is 0 Å². The van der Waals surface area contributed by atoms with Gasteiger partial charge >= 0.3 is 0 Å². The van der Waals surface area contributed by atoms with Gasteiger partial charge < -0.3 is 11.1 Å². The summed E-state index contributed by atoms with van der Waals surface area (Å²) in [7, 11) is 0. The molecule has 3 rings (SSSR count). The van der Waals surface area contributed by atoms with Crippen LogP contribution in [0.4, 0.5) is 11.4 Å². The van der Waals surface area contributed by atoms with E-state index in [1.165, 1.54) is 11.8 Å². The maximum Gasteiger partial charge on any atom is 0.234 e. The standard InChI is InChI=1S/C15H13N3OS2/c16-10-4-3-5-11(8-10)17-14(19)9-20-15-18-12-6-1-2-7-13(12)21-15/h1-8H,9,16H2,(H,17,19). The molecule has 1 amide bonds. The molecule has 0 saturated heterocycles. The van der Waals surface area contributed by atoms with Crippen LogP contribution in [0.1, 0.15) is 0 Å². The number of anilines is 2. The van der Waals surface area contributed by atoms with Crippen molar-refractivity contribution in [2.24, 2.45) is 0 Å². The number of benzene rings is 2. The molecule has 0 radical (unpaired) electrons. The molecule has 3 N–H and O–H groups in total. The Labute approximate surface area is 130 Å². The maximum absolute atomic E-state index is 11.9. The summed E-state index contributed by atoms with van der Waals surface area (Å²) in [6.45, 7) is 0. The van der Waals surface area contributed by atoms with Crippen LogP contribution < -0.4 is 11.1 Å². The number of nitrogens with zero attached hydrogens (tertiary/aromatic N) is 1. The number of aromatic nitrogens is 1. The van der Waals surface area contributed by atoms with Crippen molar-refractivity contribution < 1.29 is 4.79 Å². The molecular formula is C15H13N3OS2. The minimum Gasteiger partial charge on any atom is -0.399 e. The van der Waals surface area contributed by atoms with Crippen LogP contribution in [0.25, 0.3) is 10.2 Å². The second-order valence-electron chi connectivity index (χ2n) is 4.41. The second-order valence-corrected chi connectivity index (χ2v) is 6.66. The first-order chi connectivity index (χ1) is 10.2. The van der Waals surface area contributed by atoms with Gasteiger partial charge in [0.2, 0.25) is 5.91 Å². The predicted octanol–water partition coefficient (Wildman–Crippen LogP) is 3.61. The van der Waals surface area contributed by atoms with Crippen molar-refractivity contribution >= 4 is 50.6 Å². The van der Waals surface area contributed by atoms with Crippen molar-refractivity contribution in [3.05, 3.63) is 48.5 Å². The molecule has 0 bridgehead atoms. The molecule has 1 aromatic heterocycles. The zero-order valence-electron chi connectivity index (χ0n) is 11.1. The number of thiazole rings is 1. The molecular weight excluding hydrogens is 302 g/mol. The van der Waals surface area contributed by atoms with Gasteiger partial charge in [-0.3, -0.25) is 4.79 Å². The lowest BCUT2D eigenvalue weighted by Crippen LogP contribution is -2.13. The third-order valence-corrected chi connectivity index (χ3v) is 4.95. The van der Waals surface area contributed by atoms with Gasteiger partial charge in [0.05, 0.1) is 16.0 Å². The van der Waals surface area contributed by atoms with Gasteiger partial charge in [0.15, 0.2) is 4.34 Å². The van der Waals surface area contributed by atoms with E-state index in [4.69, 9.17) is 5.73 Å². The van der Waals surface area contributed by atoms with Gasteiger partial charge in [0.1, 0.15) is 0 Å². The summed E-state index contributed by atoms with van der Waals surface area (Å²) < 4.78 is 2.04. The average molecular weight is 315 g/mol. The molecule has 0 aliphatic heterocycles. The number of carbonyl (C=O) groups is 1. The van der Waals surface area contributed by atoms with Crippen LogP contribution in [-0.2, 0) is 4.79 Å². The van der Waals surface area contributed by atoms with Crippen molar-refractivity contribution in [2.75, 3.05) is 16.8 Å². The Morgan fingerprint density at radius 3 is 2.90 bits per heavy atom. The van der Waals surface area contributed by atoms with E-state index >= 15 is 0 Å². The third-order valence-electron chi connectivity index (χ3n) is 2.77. The second kappa shape index (κ2) is 6.15. The zero-order valence-corrected chi connectivity index (χ0v) is 12.7. The van der Waals surface area contributed by atoms with Crippen LogP contribution in [0.15, 0.2) is 52.9 Å². The van der Waals surface area contributed by atoms with Gasteiger partial charge in [-0.05, 0) is 30.3 Å². The highest BCUT2D eigenvalue weighted by Gasteiger charge is 2.08. The van der Waals surface area contributed by atoms with E-state index < -0.39 is 0 Å². The number of thioether (sulfide) groups is 1. The Morgan fingerprint density at radius 2 is 2.10 bits per heavy atom. The number of fused-ring (bicyclic) bond motifs is 1. The molecule has 0 fully saturated rings. The molecule has 0 aliphatic rings. The molecule has 1 heterocycles. The number of nitrogen functional groups attached to an aromatic ring is 1. The minimum atomic E-state index is -0.0649. The first-order valence-corrected chi connectivity index (χ1v) is 8.15. The zero-order chi connectivity index (χ0) is 14.7. The summed E-state index contributed by atoms with van der Waals surface area (Å²) >= 11 is 3.04. The highest BCUT2D eigenvalue weighted by Crippen LogP contribution is 2.29. The van der Waals surface area contributed by atoms with Gasteiger partial charge in [-0.1, -0.05) is 30.0 Å². The van der Waals surface area contributed by atoms with Crippen LogP contribution >= 0.6 is 23.1 Å². The fourth-order valence-electron chi connectivity index (χ4n) is 1.85. The summed E-state index contributed by atoms with van der Waals surface area (Å²) in [5.41, 5.74) is 7.99. The van der Waals surface area contributed by atoms with Crippen molar-refractivity contribution in [1.82, 2.24) is 4.98 Å². The fourth-order valence-corrected chi connectivity index (χ4v) is 3.72. The summed E-state index contributed by atoms with van der Waals surface area (Å²) in [5.74, 6) is 0.263. The smallest absolute Gasteiger partial charge is 0.234 e. The Hall–Kier alpha value is -2.05. The molecule has 21 heavy (non-hydrogen) atoms. The topological polar surface area (TPSA) is 68.0 Å². The highest BCUT2D eigenvalue weighted by molar-refractivity contribution is 8.01. The largest absolute Gasteiger partial charge is 0.399 e. The first-order valence-electron chi connectivity index (χ1n) is 6.34. The van der Waals surface area contributed by atoms with E-state index in [-0.39, 0.29) is 5.91 Å². The van der Waals surface area contributed by atoms with E-state index in [0.717, 1.165) is 14.6 Å². The summed E-state index contributed by atoms with van der Waals surface area (Å²) in [6.07, 6.45) is 0. The first kappa shape index (κ1) is 13.9. The van der Waals surface area contributed by atoms with Crippen LogP contribution in [0.2, 0.25) is 0 Å². The maximum atomic E-state index is 11.9. The van der Waals surface area contributed by atoms with Crippen LogP contribution in [0.5, 0.6) is 0 Å². The number of rotatable bonds is 4. The lowest BCUT2D eigenvalue weighted by atomic mass is 10.3. The lowest BCUT2D eigenvalue weighted by molar-refractivity contribution is -0.113. The summed E-state index contributed by atoms with van der Waals surface area (Å²) in [4.78, 5) is 16.4. The molecule has 0 unspecified atom stereocenters. The molecule has 4 nitrogen and oxygen atoms in total. The predicted molar refractivity (Wildman–Crippen MR) is 89.8 cm³/mol. The number of nitrogens with one attached hydrogen (secondary N) is 1. The van der Waals surface area contributed by atoms with Crippen LogP contribution in [-0.4, -0.2) is 16.6 Å². The quantitative estimate of drug-likeness (QED) is 0.570. The van der Waals surface area contributed by atoms with Gasteiger partial charge in [0, 0.05) is 11.4 Å². The molecule has 6 heteroatoms. The monoisotopic (exact) mass is 315 g/mol. The van der Waals surface area contributed by atoms with E-state index in [9.17, 15) is 4.79 Å². The Bertz CT molecular complexity index is 752. The van der Waals surface area contributed by atoms with Gasteiger partial charge in [-0.25, -0.2) is 4.98 Å². The highest BCUT2D eigenvalue weighted by atomic mass is 32.2. The molecule has 0 aliphatic carbocycles. The molecule has 3 aromatic rings. The number of hydrogen-bond donors (Lipinski definition) is 2. The van der Waals surface area contributed by atoms with E-state index in [2.05, 4.69) is 10.3 Å². The summed E-state index contributed by atoms with van der Waals surface area (Å²) in [5, 5.41) is 2.82. The molecule has 2 aromatic carbocycles. The Balaban J connectivity index is 1.60. The average Bonchev–Trinajstić information content (AvgIpc) is 2.88. The number of amides is 1. The normalized spacial score (nSPS) is 10.7. The SMILES string of the molecule is Nc1cccc(NC(=O)CSc2nc3ccccc3s2)c1. The van der Waals surface area contributed by atoms with Crippen molar-refractivity contribution in [3.8, 4) is 0 Å². The molecule has 0 spiro atoms. The number of para-hydroxylation sites is 1. The minimum absolute atomic E-state index is 0.0649. The Morgan fingerprint density at radius 1 is 1.24 bits per heavy atom. The van der Waals surface area contributed by atoms with Crippen molar-refractivity contribution in [1.29, 1.82) is 0 Å². The summed E-state index contributed by atoms with van der Waals surface area (Å²) in [6, 6.07) is 15.1. The van der Waals surface area contributed by atoms with Crippen molar-refractivity contribution in [2.45, 2.75) is 4.34 Å². The molecule has 106 valence electrons. The number of hydrogen-bond acceptors (Lipinski definition) is 5. The van der Waals surface area contributed by atoms with Gasteiger partial charge in [-0.15, -0.1) is 11.3 Å². The van der Waals surface area contributed by atoms with E-state index in [1.807, 2.05) is 36.4 Å². The molecule has 0 saturated carbocycles.